The Bertz CT molecular complexity index is 4070. The predicted octanol–water partition coefficient (Wildman–Crippen LogP) is 17.2. The molecule has 0 saturated heterocycles. The lowest BCUT2D eigenvalue weighted by Gasteiger charge is -2.49. The quantitative estimate of drug-likeness (QED) is 0.0243. The van der Waals surface area contributed by atoms with E-state index in [1.54, 1.807) is 12.1 Å². The van der Waals surface area contributed by atoms with E-state index in [9.17, 15) is 44.3 Å². The van der Waals surface area contributed by atoms with Crippen molar-refractivity contribution in [1.82, 2.24) is 7.50 Å². The van der Waals surface area contributed by atoms with Crippen molar-refractivity contribution >= 4 is 86.1 Å². The van der Waals surface area contributed by atoms with Crippen LogP contribution in [-0.2, 0) is 49.0 Å². The molecule has 9 aromatic rings. The zero-order chi connectivity index (χ0) is 53.8. The number of ether oxygens (including phenoxy) is 1. The molecule has 0 bridgehead atoms. The van der Waals surface area contributed by atoms with E-state index < -0.39 is 74.5 Å². The number of nitrogens with zero attached hydrogens (tertiary/aromatic N) is 2. The first-order valence-corrected chi connectivity index (χ1v) is 27.1. The molecule has 0 atom stereocenters. The van der Waals surface area contributed by atoms with Gasteiger partial charge in [-0.05, 0) is 209 Å². The summed E-state index contributed by atoms with van der Waals surface area (Å²) in [6.07, 6.45) is -10.8. The molecule has 0 amide bonds. The number of rotatable bonds is 6. The van der Waals surface area contributed by atoms with Gasteiger partial charge in [-0.25, -0.2) is 0 Å². The van der Waals surface area contributed by atoms with Crippen molar-refractivity contribution in [2.75, 3.05) is 0 Å². The molecule has 0 unspecified atom stereocenters. The molecule has 17 heteroatoms. The fourth-order valence-corrected chi connectivity index (χ4v) is 15.9. The van der Waals surface area contributed by atoms with Crippen molar-refractivity contribution in [2.24, 2.45) is 0 Å². The summed E-state index contributed by atoms with van der Waals surface area (Å²) in [6.45, 7) is -0.641. The Morgan fingerprint density at radius 2 is 1.13 bits per heavy atom. The summed E-state index contributed by atoms with van der Waals surface area (Å²) >= 11 is -1.42. The normalized spacial score (nSPS) is 16.1. The highest BCUT2D eigenvalue weighted by atomic mass is 127. The third kappa shape index (κ3) is 7.66. The molecule has 0 fully saturated rings. The van der Waals surface area contributed by atoms with Crippen LogP contribution in [0.25, 0.3) is 59.9 Å². The number of carbonyl (C=O) groups is 1. The van der Waals surface area contributed by atoms with Gasteiger partial charge < -0.3 is 20.9 Å². The predicted molar refractivity (Wildman–Crippen MR) is 287 cm³/mol. The number of carbonyl (C=O) groups excluding carboxylic acids is 1. The number of aromatic nitrogens is 1. The van der Waals surface area contributed by atoms with Gasteiger partial charge in [-0.2, -0.15) is 39.5 Å². The van der Waals surface area contributed by atoms with E-state index in [4.69, 9.17) is 4.74 Å². The summed E-state index contributed by atoms with van der Waals surface area (Å²) in [6, 6.07) is 28.7. The van der Waals surface area contributed by atoms with Gasteiger partial charge in [-0.15, -0.1) is 0 Å². The first-order valence-electron chi connectivity index (χ1n) is 25.0. The van der Waals surface area contributed by atoms with Gasteiger partial charge in [0.25, 0.3) is 0 Å². The van der Waals surface area contributed by atoms with Gasteiger partial charge in [0.15, 0.2) is 0 Å². The van der Waals surface area contributed by atoms with Gasteiger partial charge >= 0.3 is 31.5 Å². The average molecular weight is 1170 g/mol. The topological polar surface area (TPSA) is 34.5 Å². The molecular formula is C60H40BF11IN2O2-. The summed E-state index contributed by atoms with van der Waals surface area (Å²) in [7, 11) is 0. The number of fused-ring (bicyclic) bond motifs is 11. The molecule has 13 rings (SSSR count). The molecule has 0 spiro atoms. The first kappa shape index (κ1) is 49.6. The maximum absolute atomic E-state index is 17.8. The molecule has 2 aliphatic carbocycles. The fraction of sp³-hybridized carbons (Fsp3) is 0.200. The molecule has 1 aromatic heterocycles. The number of esters is 1. The monoisotopic (exact) mass is 1170 g/mol. The highest BCUT2D eigenvalue weighted by Crippen LogP contribution is 2.54. The third-order valence-electron chi connectivity index (χ3n) is 15.8. The Labute approximate surface area is 442 Å². The third-order valence-corrected chi connectivity index (χ3v) is 19.2. The van der Waals surface area contributed by atoms with Crippen LogP contribution in [0.3, 0.4) is 0 Å². The summed E-state index contributed by atoms with van der Waals surface area (Å²) in [5.74, 6) is -0.497. The molecule has 390 valence electrons. The lowest BCUT2D eigenvalue weighted by Crippen LogP contribution is -2.52. The molecule has 0 saturated carbocycles. The second-order valence-corrected chi connectivity index (χ2v) is 22.9. The van der Waals surface area contributed by atoms with Gasteiger partial charge in [0.2, 0.25) is 0 Å². The molecule has 8 aromatic carbocycles. The zero-order valence-corrected chi connectivity index (χ0v) is 43.0. The number of aryl methyl sites for hydroxylation is 6. The number of allylic oxidation sites excluding steroid dienone is 2. The highest BCUT2D eigenvalue weighted by molar-refractivity contribution is 14.2. The van der Waals surface area contributed by atoms with Crippen LogP contribution in [0.2, 0.25) is 0 Å². The van der Waals surface area contributed by atoms with E-state index in [1.165, 1.54) is 19.6 Å². The second-order valence-electron chi connectivity index (χ2n) is 20.3. The Balaban J connectivity index is 0.846. The van der Waals surface area contributed by atoms with E-state index in [1.807, 2.05) is 68.5 Å². The number of benzene rings is 8. The SMILES string of the molecule is Cc1cc(OC(=O)CCCc2ccc3c4ccc(C(F)(F)F)c5c(C(F)(F)F)ccc(c6ccc(C(F)(F)F)c2c36)c54)cc(C)c1C1=C2C=C3CCc4ccccc4C3=IN2[B-](F)(F)n2c1cc1c2-c2ccccc2CC1. The Morgan fingerprint density at radius 1 is 0.610 bits per heavy atom. The summed E-state index contributed by atoms with van der Waals surface area (Å²) in [5, 5.41) is -1.78. The summed E-state index contributed by atoms with van der Waals surface area (Å²) in [4.78, 5) is 13.7. The van der Waals surface area contributed by atoms with Crippen molar-refractivity contribution in [3.05, 3.63) is 199 Å². The average Bonchev–Trinajstić information content (AvgIpc) is 3.86. The minimum absolute atomic E-state index is 0.00889. The second kappa shape index (κ2) is 17.2. The summed E-state index contributed by atoms with van der Waals surface area (Å²) in [5.41, 5.74) is 6.08. The maximum Gasteiger partial charge on any atom is 0.537 e. The molecule has 4 nitrogen and oxygen atoms in total. The van der Waals surface area contributed by atoms with E-state index >= 15 is 8.63 Å². The molecular weight excluding hydrogens is 1130 g/mol. The van der Waals surface area contributed by atoms with Crippen LogP contribution in [0.1, 0.15) is 86.2 Å². The van der Waals surface area contributed by atoms with Gasteiger partial charge in [-0.1, -0.05) is 78.9 Å². The molecule has 0 radical (unpaired) electrons. The van der Waals surface area contributed by atoms with Crippen LogP contribution >= 0.6 is 21.0 Å². The van der Waals surface area contributed by atoms with Crippen LogP contribution in [0.15, 0.2) is 133 Å². The molecule has 3 heterocycles. The summed E-state index contributed by atoms with van der Waals surface area (Å²) < 4.78 is 176. The molecule has 4 aliphatic rings. The van der Waals surface area contributed by atoms with Crippen LogP contribution in [0, 0.1) is 13.8 Å². The zero-order valence-electron chi connectivity index (χ0n) is 40.8. The van der Waals surface area contributed by atoms with E-state index in [-0.39, 0.29) is 68.3 Å². The van der Waals surface area contributed by atoms with Crippen molar-refractivity contribution in [3.63, 3.8) is 0 Å². The van der Waals surface area contributed by atoms with Gasteiger partial charge in [-0.3, -0.25) is 4.79 Å². The van der Waals surface area contributed by atoms with Crippen molar-refractivity contribution in [2.45, 2.75) is 77.3 Å². The molecule has 0 N–H and O–H groups in total. The number of alkyl halides is 9. The van der Waals surface area contributed by atoms with Gasteiger partial charge in [0, 0.05) is 38.0 Å². The molecule has 2 aliphatic heterocycles. The lowest BCUT2D eigenvalue weighted by molar-refractivity contribution is -0.140. The fourth-order valence-electron chi connectivity index (χ4n) is 12.7. The Hall–Kier alpha value is -7.02. The maximum atomic E-state index is 17.8. The minimum atomic E-state index is -5.18. The smallest absolute Gasteiger partial charge is 0.439 e. The Morgan fingerprint density at radius 3 is 1.74 bits per heavy atom. The number of halogens is 12. The minimum Gasteiger partial charge on any atom is -0.439 e. The van der Waals surface area contributed by atoms with Crippen LogP contribution in [0.5, 0.6) is 5.75 Å². The largest absolute Gasteiger partial charge is 0.537 e. The molecule has 77 heavy (non-hydrogen) atoms. The number of hydrogen-bond donors (Lipinski definition) is 0. The van der Waals surface area contributed by atoms with Crippen molar-refractivity contribution in [1.29, 1.82) is 0 Å². The Kier molecular flexibility index (Phi) is 11.1. The number of hydrogen-bond acceptors (Lipinski definition) is 3. The van der Waals surface area contributed by atoms with Crippen molar-refractivity contribution < 1.29 is 57.7 Å². The van der Waals surface area contributed by atoms with Crippen molar-refractivity contribution in [3.8, 4) is 17.0 Å². The highest BCUT2D eigenvalue weighted by Gasteiger charge is 2.48. The van der Waals surface area contributed by atoms with Crippen LogP contribution in [-0.4, -0.2) is 24.0 Å². The van der Waals surface area contributed by atoms with Gasteiger partial charge in [0.1, 0.15) is 5.75 Å². The van der Waals surface area contributed by atoms with E-state index in [2.05, 4.69) is 6.07 Å². The first-order chi connectivity index (χ1) is 36.6. The van der Waals surface area contributed by atoms with Crippen LogP contribution < -0.4 is 4.74 Å². The lowest BCUT2D eigenvalue weighted by atomic mass is 9.82. The van der Waals surface area contributed by atoms with Crippen LogP contribution in [0.4, 0.5) is 48.1 Å². The van der Waals surface area contributed by atoms with Gasteiger partial charge in [0.05, 0.1) is 16.7 Å². The van der Waals surface area contributed by atoms with E-state index in [0.717, 1.165) is 73.1 Å². The standard InChI is InChI=1S/C60H40BF11IN2O2/c1-30-26-37(27-31(2)50(30)55-47-29-36-17-15-33-9-4-6-12-39(33)57(36)74(47)61(71,72)75-48(55)28-35-16-14-32-8-3-5-11-38(32)56(35)73-75)77-49(76)13-7-10-34-18-19-40-42-21-24-45(59(65,66)67)54-46(60(68,69)70)25-22-43(53(42)54)41-20-23-44(58(62,63)64)51(34)52(40)41/h3-6,8-9,11-12,18-29H,7,10,13-17H2,1-2H3/q-1. The van der Waals surface area contributed by atoms with E-state index in [0.29, 0.717) is 65.2 Å².